The van der Waals surface area contributed by atoms with Gasteiger partial charge in [0.05, 0.1) is 23.5 Å². The van der Waals surface area contributed by atoms with Crippen LogP contribution in [-0.2, 0) is 0 Å². The topological polar surface area (TPSA) is 67.3 Å². The minimum atomic E-state index is 0.242. The van der Waals surface area contributed by atoms with Gasteiger partial charge in [0, 0.05) is 17.4 Å². The molecule has 0 fully saturated rings. The molecule has 0 amide bonds. The van der Waals surface area contributed by atoms with Gasteiger partial charge in [0.1, 0.15) is 11.5 Å². The molecule has 4 aromatic rings. The van der Waals surface area contributed by atoms with Gasteiger partial charge in [0.25, 0.3) is 0 Å². The number of hydrogen-bond acceptors (Lipinski definition) is 6. The van der Waals surface area contributed by atoms with E-state index in [-0.39, 0.29) is 5.75 Å². The smallest absolute Gasteiger partial charge is 0.188 e. The van der Waals surface area contributed by atoms with Gasteiger partial charge in [-0.2, -0.15) is 0 Å². The number of nitrogens with one attached hydrogen (secondary N) is 1. The molecule has 0 atom stereocenters. The van der Waals surface area contributed by atoms with E-state index < -0.39 is 0 Å². The third kappa shape index (κ3) is 3.25. The van der Waals surface area contributed by atoms with Crippen LogP contribution in [0.25, 0.3) is 21.3 Å². The zero-order chi connectivity index (χ0) is 17.2. The van der Waals surface area contributed by atoms with Gasteiger partial charge in [-0.05, 0) is 48.0 Å². The second-order valence-electron chi connectivity index (χ2n) is 5.49. The summed E-state index contributed by atoms with van der Waals surface area (Å²) in [5, 5.41) is 13.4. The van der Waals surface area contributed by atoms with Gasteiger partial charge in [-0.1, -0.05) is 17.4 Å². The predicted octanol–water partition coefficient (Wildman–Crippen LogP) is 4.82. The Morgan fingerprint density at radius 3 is 2.64 bits per heavy atom. The molecule has 25 heavy (non-hydrogen) atoms. The van der Waals surface area contributed by atoms with Crippen molar-refractivity contribution < 1.29 is 9.84 Å². The molecule has 0 saturated heterocycles. The standard InChI is InChI=1S/C19H15N3O2S/c1-24-16-8-13(10-20-11-16)12-2-7-17-18(9-12)25-19(22-17)21-14-3-5-15(23)6-4-14/h2-11,23H,1H3,(H,21,22). The SMILES string of the molecule is COc1cncc(-c2ccc3nc(Nc4ccc(O)cc4)sc3c2)c1. The van der Waals surface area contributed by atoms with Crippen LogP contribution in [0.4, 0.5) is 10.8 Å². The third-order valence-electron chi connectivity index (χ3n) is 3.79. The molecule has 2 aromatic carbocycles. The summed E-state index contributed by atoms with van der Waals surface area (Å²) in [6.45, 7) is 0. The minimum Gasteiger partial charge on any atom is -0.508 e. The lowest BCUT2D eigenvalue weighted by molar-refractivity contribution is 0.413. The molecule has 0 aliphatic rings. The fourth-order valence-corrected chi connectivity index (χ4v) is 3.44. The zero-order valence-electron chi connectivity index (χ0n) is 13.4. The Hall–Kier alpha value is -3.12. The second kappa shape index (κ2) is 6.41. The van der Waals surface area contributed by atoms with E-state index in [1.807, 2.05) is 36.5 Å². The summed E-state index contributed by atoms with van der Waals surface area (Å²) >= 11 is 1.58. The molecule has 2 heterocycles. The summed E-state index contributed by atoms with van der Waals surface area (Å²) in [5.41, 5.74) is 3.89. The number of nitrogens with zero attached hydrogens (tertiary/aromatic N) is 2. The Morgan fingerprint density at radius 1 is 1.00 bits per heavy atom. The normalized spacial score (nSPS) is 10.8. The first-order valence-corrected chi connectivity index (χ1v) is 8.49. The Morgan fingerprint density at radius 2 is 1.84 bits per heavy atom. The Kier molecular flexibility index (Phi) is 3.95. The number of phenols is 1. The number of anilines is 2. The number of rotatable bonds is 4. The van der Waals surface area contributed by atoms with Crippen molar-refractivity contribution in [2.45, 2.75) is 0 Å². The molecular formula is C19H15N3O2S. The third-order valence-corrected chi connectivity index (χ3v) is 4.72. The van der Waals surface area contributed by atoms with Crippen LogP contribution in [0, 0.1) is 0 Å². The number of fused-ring (bicyclic) bond motifs is 1. The molecule has 4 rings (SSSR count). The summed E-state index contributed by atoms with van der Waals surface area (Å²) in [7, 11) is 1.63. The Labute approximate surface area is 148 Å². The van der Waals surface area contributed by atoms with Crippen LogP contribution in [-0.4, -0.2) is 22.2 Å². The average Bonchev–Trinajstić information content (AvgIpc) is 3.05. The van der Waals surface area contributed by atoms with Crippen LogP contribution in [0.3, 0.4) is 0 Å². The molecular weight excluding hydrogens is 334 g/mol. The summed E-state index contributed by atoms with van der Waals surface area (Å²) in [6.07, 6.45) is 3.51. The van der Waals surface area contributed by atoms with Gasteiger partial charge in [0.15, 0.2) is 5.13 Å². The molecule has 124 valence electrons. The highest BCUT2D eigenvalue weighted by molar-refractivity contribution is 7.22. The van der Waals surface area contributed by atoms with E-state index in [9.17, 15) is 5.11 Å². The van der Waals surface area contributed by atoms with E-state index in [2.05, 4.69) is 21.4 Å². The first kappa shape index (κ1) is 15.4. The number of aromatic nitrogens is 2. The molecule has 0 aliphatic carbocycles. The van der Waals surface area contributed by atoms with E-state index in [1.54, 1.807) is 36.8 Å². The highest BCUT2D eigenvalue weighted by Crippen LogP contribution is 2.32. The Bertz CT molecular complexity index is 1030. The van der Waals surface area contributed by atoms with Crippen molar-refractivity contribution in [1.82, 2.24) is 9.97 Å². The molecule has 5 nitrogen and oxygen atoms in total. The van der Waals surface area contributed by atoms with E-state index >= 15 is 0 Å². The van der Waals surface area contributed by atoms with Crippen LogP contribution in [0.1, 0.15) is 0 Å². The fraction of sp³-hybridized carbons (Fsp3) is 0.0526. The summed E-state index contributed by atoms with van der Waals surface area (Å²) in [5.74, 6) is 0.975. The van der Waals surface area contributed by atoms with Crippen molar-refractivity contribution >= 4 is 32.4 Å². The van der Waals surface area contributed by atoms with Crippen molar-refractivity contribution in [3.05, 3.63) is 60.9 Å². The first-order valence-electron chi connectivity index (χ1n) is 7.67. The lowest BCUT2D eigenvalue weighted by Crippen LogP contribution is -1.87. The van der Waals surface area contributed by atoms with Crippen molar-refractivity contribution in [2.24, 2.45) is 0 Å². The van der Waals surface area contributed by atoms with Crippen LogP contribution in [0.5, 0.6) is 11.5 Å². The maximum atomic E-state index is 9.36. The summed E-state index contributed by atoms with van der Waals surface area (Å²) in [6, 6.07) is 15.0. The van der Waals surface area contributed by atoms with E-state index in [0.29, 0.717) is 0 Å². The number of ether oxygens (including phenoxy) is 1. The minimum absolute atomic E-state index is 0.242. The monoisotopic (exact) mass is 349 g/mol. The Balaban J connectivity index is 1.65. The van der Waals surface area contributed by atoms with Crippen molar-refractivity contribution in [3.63, 3.8) is 0 Å². The number of methoxy groups -OCH3 is 1. The highest BCUT2D eigenvalue weighted by atomic mass is 32.1. The zero-order valence-corrected chi connectivity index (χ0v) is 14.2. The quantitative estimate of drug-likeness (QED) is 0.517. The number of thiazole rings is 1. The van der Waals surface area contributed by atoms with Gasteiger partial charge in [0.2, 0.25) is 0 Å². The molecule has 0 unspecified atom stereocenters. The number of benzene rings is 2. The van der Waals surface area contributed by atoms with Gasteiger partial charge >= 0.3 is 0 Å². The fourth-order valence-electron chi connectivity index (χ4n) is 2.51. The van der Waals surface area contributed by atoms with Crippen molar-refractivity contribution in [1.29, 1.82) is 0 Å². The second-order valence-corrected chi connectivity index (χ2v) is 6.52. The summed E-state index contributed by atoms with van der Waals surface area (Å²) < 4.78 is 6.33. The molecule has 0 aliphatic heterocycles. The van der Waals surface area contributed by atoms with Gasteiger partial charge in [-0.25, -0.2) is 4.98 Å². The van der Waals surface area contributed by atoms with Crippen LogP contribution >= 0.6 is 11.3 Å². The predicted molar refractivity (Wildman–Crippen MR) is 101 cm³/mol. The van der Waals surface area contributed by atoms with E-state index in [4.69, 9.17) is 4.74 Å². The summed E-state index contributed by atoms with van der Waals surface area (Å²) in [4.78, 5) is 8.81. The van der Waals surface area contributed by atoms with Gasteiger partial charge < -0.3 is 15.2 Å². The van der Waals surface area contributed by atoms with Crippen LogP contribution in [0.15, 0.2) is 60.9 Å². The molecule has 0 spiro atoms. The largest absolute Gasteiger partial charge is 0.508 e. The molecule has 6 heteroatoms. The number of pyridine rings is 1. The average molecular weight is 349 g/mol. The van der Waals surface area contributed by atoms with Crippen molar-refractivity contribution in [2.75, 3.05) is 12.4 Å². The molecule has 2 aromatic heterocycles. The van der Waals surface area contributed by atoms with E-state index in [1.165, 1.54) is 0 Å². The lowest BCUT2D eigenvalue weighted by atomic mass is 10.1. The number of aromatic hydroxyl groups is 1. The molecule has 0 radical (unpaired) electrons. The molecule has 0 saturated carbocycles. The lowest BCUT2D eigenvalue weighted by Gasteiger charge is -2.03. The first-order chi connectivity index (χ1) is 12.2. The maximum absolute atomic E-state index is 9.36. The molecule has 2 N–H and O–H groups in total. The molecule has 0 bridgehead atoms. The van der Waals surface area contributed by atoms with Crippen LogP contribution in [0.2, 0.25) is 0 Å². The van der Waals surface area contributed by atoms with Gasteiger partial charge in [-0.3, -0.25) is 4.98 Å². The number of hydrogen-bond donors (Lipinski definition) is 2. The van der Waals surface area contributed by atoms with Crippen molar-refractivity contribution in [3.8, 4) is 22.6 Å². The van der Waals surface area contributed by atoms with E-state index in [0.717, 1.165) is 37.9 Å². The van der Waals surface area contributed by atoms with Crippen LogP contribution < -0.4 is 10.1 Å². The highest BCUT2D eigenvalue weighted by Gasteiger charge is 2.07. The maximum Gasteiger partial charge on any atom is 0.188 e. The number of phenolic OH excluding ortho intramolecular Hbond substituents is 1. The van der Waals surface area contributed by atoms with Gasteiger partial charge in [-0.15, -0.1) is 0 Å².